The Labute approximate surface area is 157 Å². The average molecular weight is 410 g/mol. The molecule has 1 aromatic rings. The Hall–Kier alpha value is -1.91. The zero-order valence-corrected chi connectivity index (χ0v) is 15.0. The lowest BCUT2D eigenvalue weighted by atomic mass is 9.92. The minimum Gasteiger partial charge on any atom is -0.380 e. The Kier molecular flexibility index (Phi) is 5.57. The Morgan fingerprint density at radius 2 is 1.89 bits per heavy atom. The maximum atomic E-state index is 14.3. The van der Waals surface area contributed by atoms with E-state index in [0.29, 0.717) is 0 Å². The molecular weight excluding hydrogens is 390 g/mol. The van der Waals surface area contributed by atoms with Gasteiger partial charge in [0, 0.05) is 24.5 Å². The number of aliphatic hydroxyl groups excluding tert-OH is 1. The molecule has 156 valence electrons. The molecule has 1 heterocycles. The summed E-state index contributed by atoms with van der Waals surface area (Å²) in [5, 5.41) is 12.5. The third-order valence-corrected chi connectivity index (χ3v) is 4.86. The molecule has 0 aliphatic heterocycles. The first-order valence-electron chi connectivity index (χ1n) is 9.00. The highest BCUT2D eigenvalue weighted by Gasteiger charge is 2.46. The van der Waals surface area contributed by atoms with Gasteiger partial charge < -0.3 is 10.4 Å². The summed E-state index contributed by atoms with van der Waals surface area (Å²) in [6, 6.07) is 0.109. The maximum absolute atomic E-state index is 14.3. The molecule has 5 nitrogen and oxygen atoms in total. The molecular formula is C17H20F6N4O. The summed E-state index contributed by atoms with van der Waals surface area (Å²) in [7, 11) is 0. The highest BCUT2D eigenvalue weighted by Crippen LogP contribution is 2.41. The van der Waals surface area contributed by atoms with Crippen LogP contribution < -0.4 is 5.32 Å². The normalized spacial score (nSPS) is 23.6. The molecule has 28 heavy (non-hydrogen) atoms. The van der Waals surface area contributed by atoms with Gasteiger partial charge in [0.2, 0.25) is 5.95 Å². The second-order valence-electron chi connectivity index (χ2n) is 7.29. The number of halogens is 6. The van der Waals surface area contributed by atoms with Crippen LogP contribution in [-0.4, -0.2) is 44.3 Å². The van der Waals surface area contributed by atoms with Crippen molar-refractivity contribution < 1.29 is 31.4 Å². The van der Waals surface area contributed by atoms with Gasteiger partial charge in [-0.3, -0.25) is 0 Å². The molecule has 0 spiro atoms. The van der Waals surface area contributed by atoms with E-state index in [4.69, 9.17) is 0 Å². The van der Waals surface area contributed by atoms with Gasteiger partial charge in [-0.15, -0.1) is 0 Å². The van der Waals surface area contributed by atoms with Gasteiger partial charge in [-0.25, -0.2) is 18.2 Å². The molecule has 3 rings (SSSR count). The summed E-state index contributed by atoms with van der Waals surface area (Å²) in [5.41, 5.74) is -0.273. The first-order valence-corrected chi connectivity index (χ1v) is 9.00. The predicted octanol–water partition coefficient (Wildman–Crippen LogP) is 4.05. The fourth-order valence-electron chi connectivity index (χ4n) is 2.77. The number of allylic oxidation sites excluding steroid dienone is 1. The number of aliphatic hydroxyl groups is 1. The molecule has 2 atom stereocenters. The third-order valence-electron chi connectivity index (χ3n) is 4.86. The zero-order chi connectivity index (χ0) is 20.7. The van der Waals surface area contributed by atoms with Crippen LogP contribution in [-0.2, 0) is 6.42 Å². The lowest BCUT2D eigenvalue weighted by Gasteiger charge is -2.27. The fraction of sp³-hybridized carbons (Fsp3) is 0.706. The quantitative estimate of drug-likeness (QED) is 0.693. The van der Waals surface area contributed by atoms with Crippen LogP contribution in [0.25, 0.3) is 5.57 Å². The largest absolute Gasteiger partial charge is 0.391 e. The first kappa shape index (κ1) is 20.8. The van der Waals surface area contributed by atoms with E-state index in [0.717, 1.165) is 19.8 Å². The molecule has 1 aromatic heterocycles. The lowest BCUT2D eigenvalue weighted by Crippen LogP contribution is -2.37. The van der Waals surface area contributed by atoms with Gasteiger partial charge in [-0.1, -0.05) is 6.92 Å². The van der Waals surface area contributed by atoms with E-state index in [9.17, 15) is 31.4 Å². The van der Waals surface area contributed by atoms with Gasteiger partial charge in [-0.05, 0) is 25.7 Å². The molecule has 11 heteroatoms. The van der Waals surface area contributed by atoms with Crippen molar-refractivity contribution in [3.63, 3.8) is 0 Å². The predicted molar refractivity (Wildman–Crippen MR) is 88.2 cm³/mol. The molecule has 2 aliphatic rings. The number of hydrogen-bond acceptors (Lipinski definition) is 5. The summed E-state index contributed by atoms with van der Waals surface area (Å²) in [5.74, 6) is -6.76. The highest BCUT2D eigenvalue weighted by molar-refractivity contribution is 5.65. The van der Waals surface area contributed by atoms with Crippen LogP contribution in [0.2, 0.25) is 0 Å². The van der Waals surface area contributed by atoms with E-state index in [1.54, 1.807) is 0 Å². The summed E-state index contributed by atoms with van der Waals surface area (Å²) in [6.07, 6.45) is -6.83. The van der Waals surface area contributed by atoms with Crippen molar-refractivity contribution in [3.8, 4) is 0 Å². The molecule has 1 fully saturated rings. The van der Waals surface area contributed by atoms with Gasteiger partial charge in [0.05, 0.1) is 5.92 Å². The molecule has 0 aromatic carbocycles. The summed E-state index contributed by atoms with van der Waals surface area (Å²) >= 11 is 0. The minimum atomic E-state index is -4.36. The standard InChI is InChI=1S/C17H20F6N4O/c1-8(17(21,22)23)2-5-11-25-14(27-15(26-11)24-9-3-4-9)10-6-7-16(19,20)13(28)12(10)18/h8-9,13,28H,2-7H2,1H3,(H,24,25,26,27)/t8-,13?/m1/s1. The molecule has 2 N–H and O–H groups in total. The number of nitrogens with one attached hydrogen (secondary N) is 1. The monoisotopic (exact) mass is 410 g/mol. The highest BCUT2D eigenvalue weighted by atomic mass is 19.4. The Bertz CT molecular complexity index is 763. The van der Waals surface area contributed by atoms with Crippen LogP contribution in [0.1, 0.15) is 50.7 Å². The lowest BCUT2D eigenvalue weighted by molar-refractivity contribution is -0.171. The van der Waals surface area contributed by atoms with Crippen LogP contribution in [0.4, 0.5) is 32.3 Å². The Balaban J connectivity index is 1.89. The van der Waals surface area contributed by atoms with E-state index >= 15 is 0 Å². The molecule has 1 saturated carbocycles. The van der Waals surface area contributed by atoms with E-state index in [2.05, 4.69) is 20.3 Å². The summed E-state index contributed by atoms with van der Waals surface area (Å²) < 4.78 is 79.5. The van der Waals surface area contributed by atoms with Crippen molar-refractivity contribution in [2.24, 2.45) is 5.92 Å². The molecule has 0 bridgehead atoms. The molecule has 0 radical (unpaired) electrons. The second kappa shape index (κ2) is 7.49. The van der Waals surface area contributed by atoms with Gasteiger partial charge in [0.25, 0.3) is 5.92 Å². The second-order valence-corrected chi connectivity index (χ2v) is 7.29. The van der Waals surface area contributed by atoms with Gasteiger partial charge >= 0.3 is 6.18 Å². The van der Waals surface area contributed by atoms with E-state index in [1.165, 1.54) is 0 Å². The first-order chi connectivity index (χ1) is 13.0. The Morgan fingerprint density at radius 1 is 1.21 bits per heavy atom. The van der Waals surface area contributed by atoms with Crippen molar-refractivity contribution in [1.82, 2.24) is 15.0 Å². The van der Waals surface area contributed by atoms with E-state index in [1.807, 2.05) is 0 Å². The number of anilines is 1. The zero-order valence-electron chi connectivity index (χ0n) is 15.0. The summed E-state index contributed by atoms with van der Waals surface area (Å²) in [4.78, 5) is 12.1. The van der Waals surface area contributed by atoms with E-state index < -0.39 is 42.8 Å². The topological polar surface area (TPSA) is 70.9 Å². The SMILES string of the molecule is C[C@H](CCc1nc(NC2CC2)nc(C2=C(F)C(O)C(F)(F)CC2)n1)C(F)(F)F. The molecule has 0 amide bonds. The van der Waals surface area contributed by atoms with E-state index in [-0.39, 0.29) is 42.1 Å². The van der Waals surface area contributed by atoms with Crippen molar-refractivity contribution in [2.75, 3.05) is 5.32 Å². The van der Waals surface area contributed by atoms with Crippen LogP contribution in [0.15, 0.2) is 5.83 Å². The number of hydrogen-bond donors (Lipinski definition) is 2. The van der Waals surface area contributed by atoms with Gasteiger partial charge in [-0.2, -0.15) is 23.1 Å². The van der Waals surface area contributed by atoms with Crippen molar-refractivity contribution in [2.45, 2.75) is 69.7 Å². The minimum absolute atomic E-state index is 0.0105. The number of aromatic nitrogens is 3. The molecule has 2 aliphatic carbocycles. The van der Waals surface area contributed by atoms with Crippen LogP contribution in [0.3, 0.4) is 0 Å². The van der Waals surface area contributed by atoms with Crippen LogP contribution >= 0.6 is 0 Å². The molecule has 0 saturated heterocycles. The summed E-state index contributed by atoms with van der Waals surface area (Å²) in [6.45, 7) is 1.03. The third kappa shape index (κ3) is 4.73. The van der Waals surface area contributed by atoms with Gasteiger partial charge in [0.1, 0.15) is 11.7 Å². The van der Waals surface area contributed by atoms with Crippen molar-refractivity contribution in [1.29, 1.82) is 0 Å². The number of rotatable bonds is 6. The number of nitrogens with zero attached hydrogens (tertiary/aromatic N) is 3. The van der Waals surface area contributed by atoms with Crippen molar-refractivity contribution in [3.05, 3.63) is 17.5 Å². The average Bonchev–Trinajstić information content (AvgIpc) is 3.40. The van der Waals surface area contributed by atoms with Crippen LogP contribution in [0.5, 0.6) is 0 Å². The Morgan fingerprint density at radius 3 is 2.50 bits per heavy atom. The van der Waals surface area contributed by atoms with Crippen molar-refractivity contribution >= 4 is 11.5 Å². The number of alkyl halides is 5. The maximum Gasteiger partial charge on any atom is 0.391 e. The van der Waals surface area contributed by atoms with Gasteiger partial charge in [0.15, 0.2) is 11.9 Å². The smallest absolute Gasteiger partial charge is 0.380 e. The molecule has 1 unspecified atom stereocenters. The van der Waals surface area contributed by atoms with Crippen LogP contribution in [0, 0.1) is 5.92 Å². The fourth-order valence-corrected chi connectivity index (χ4v) is 2.77. The number of aryl methyl sites for hydroxylation is 1.